The summed E-state index contributed by atoms with van der Waals surface area (Å²) in [7, 11) is 1.62. The maximum atomic E-state index is 12.1. The molecule has 118 valence electrons. The van der Waals surface area contributed by atoms with Gasteiger partial charge in [-0.25, -0.2) is 0 Å². The summed E-state index contributed by atoms with van der Waals surface area (Å²) in [5.41, 5.74) is 1.12. The van der Waals surface area contributed by atoms with Gasteiger partial charge in [-0.3, -0.25) is 4.79 Å². The van der Waals surface area contributed by atoms with Crippen molar-refractivity contribution in [2.45, 2.75) is 25.2 Å². The zero-order chi connectivity index (χ0) is 15.9. The van der Waals surface area contributed by atoms with E-state index in [0.717, 1.165) is 24.9 Å². The van der Waals surface area contributed by atoms with Crippen molar-refractivity contribution >= 4 is 29.1 Å². The molecule has 3 nitrogen and oxygen atoms in total. The molecule has 0 spiro atoms. The van der Waals surface area contributed by atoms with Gasteiger partial charge in [0.2, 0.25) is 0 Å². The number of hydrogen-bond donors (Lipinski definition) is 0. The maximum absolute atomic E-state index is 12.1. The lowest BCUT2D eigenvalue weighted by Gasteiger charge is -2.31. The van der Waals surface area contributed by atoms with Crippen LogP contribution in [0.1, 0.15) is 30.7 Å². The average Bonchev–Trinajstić information content (AvgIpc) is 2.54. The molecule has 1 heterocycles. The van der Waals surface area contributed by atoms with Crippen LogP contribution in [0.5, 0.6) is 0 Å². The molecule has 0 aromatic heterocycles. The Morgan fingerprint density at radius 1 is 1.41 bits per heavy atom. The van der Waals surface area contributed by atoms with Gasteiger partial charge in [-0.2, -0.15) is 0 Å². The molecule has 1 fully saturated rings. The minimum atomic E-state index is -0.110. The molecule has 0 bridgehead atoms. The quantitative estimate of drug-likeness (QED) is 0.620. The van der Waals surface area contributed by atoms with Gasteiger partial charge < -0.3 is 9.64 Å². The first-order chi connectivity index (χ1) is 10.6. The predicted molar refractivity (Wildman–Crippen MR) is 89.3 cm³/mol. The van der Waals surface area contributed by atoms with E-state index in [-0.39, 0.29) is 11.8 Å². The highest BCUT2D eigenvalue weighted by Crippen LogP contribution is 2.31. The highest BCUT2D eigenvalue weighted by Gasteiger charge is 2.24. The third kappa shape index (κ3) is 4.64. The smallest absolute Gasteiger partial charge is 0.298 e. The Morgan fingerprint density at radius 2 is 2.23 bits per heavy atom. The lowest BCUT2D eigenvalue weighted by molar-refractivity contribution is -0.126. The topological polar surface area (TPSA) is 29.5 Å². The molecule has 0 radical (unpaired) electrons. The number of piperidine rings is 1. The van der Waals surface area contributed by atoms with Gasteiger partial charge in [0, 0.05) is 32.5 Å². The molecule has 1 aliphatic heterocycles. The molecule has 0 saturated carbocycles. The van der Waals surface area contributed by atoms with Crippen molar-refractivity contribution < 1.29 is 9.53 Å². The van der Waals surface area contributed by atoms with Crippen LogP contribution >= 0.6 is 23.2 Å². The van der Waals surface area contributed by atoms with E-state index in [9.17, 15) is 4.79 Å². The molecule has 5 heteroatoms. The van der Waals surface area contributed by atoms with E-state index in [1.54, 1.807) is 7.11 Å². The molecular weight excluding hydrogens is 321 g/mol. The molecule has 1 aliphatic rings. The minimum absolute atomic E-state index is 0.110. The number of methoxy groups -OCH3 is 1. The van der Waals surface area contributed by atoms with E-state index in [4.69, 9.17) is 27.9 Å². The number of rotatable bonds is 3. The summed E-state index contributed by atoms with van der Waals surface area (Å²) in [6.45, 7) is 1.98. The van der Waals surface area contributed by atoms with E-state index in [2.05, 4.69) is 11.8 Å². The summed E-state index contributed by atoms with van der Waals surface area (Å²) in [5.74, 6) is 5.71. The molecular formula is C17H19Cl2NO2. The van der Waals surface area contributed by atoms with Crippen LogP contribution in [-0.2, 0) is 9.53 Å². The first-order valence-electron chi connectivity index (χ1n) is 7.33. The van der Waals surface area contributed by atoms with Crippen LogP contribution in [0.15, 0.2) is 18.2 Å². The van der Waals surface area contributed by atoms with E-state index in [1.807, 2.05) is 23.1 Å². The summed E-state index contributed by atoms with van der Waals surface area (Å²) in [6.07, 6.45) is 2.58. The summed E-state index contributed by atoms with van der Waals surface area (Å²) < 4.78 is 4.91. The molecule has 1 aromatic carbocycles. The second kappa shape index (κ2) is 8.43. The average molecular weight is 340 g/mol. The van der Waals surface area contributed by atoms with Gasteiger partial charge in [0.1, 0.15) is 0 Å². The van der Waals surface area contributed by atoms with Gasteiger partial charge in [0.05, 0.1) is 16.7 Å². The second-order valence-electron chi connectivity index (χ2n) is 5.31. The maximum Gasteiger partial charge on any atom is 0.298 e. The van der Waals surface area contributed by atoms with Gasteiger partial charge >= 0.3 is 0 Å². The molecule has 2 rings (SSSR count). The zero-order valence-electron chi connectivity index (χ0n) is 12.6. The molecule has 1 unspecified atom stereocenters. The largest absolute Gasteiger partial charge is 0.384 e. The van der Waals surface area contributed by atoms with Crippen LogP contribution in [0.25, 0.3) is 0 Å². The highest BCUT2D eigenvalue weighted by atomic mass is 35.5. The van der Waals surface area contributed by atoms with Crippen LogP contribution in [0.2, 0.25) is 10.0 Å². The molecule has 1 saturated heterocycles. The fourth-order valence-corrected chi connectivity index (χ4v) is 2.88. The minimum Gasteiger partial charge on any atom is -0.384 e. The number of ether oxygens (including phenoxy) is 1. The number of halogens is 2. The number of nitrogens with zero attached hydrogens (tertiary/aromatic N) is 1. The van der Waals surface area contributed by atoms with Crippen molar-refractivity contribution in [1.82, 2.24) is 4.90 Å². The Bertz CT molecular complexity index is 592. The van der Waals surface area contributed by atoms with Gasteiger partial charge in [0.15, 0.2) is 0 Å². The SMILES string of the molecule is COCCC#CC(=O)N1CCCC(c2ccc(Cl)c(Cl)c2)C1. The Morgan fingerprint density at radius 3 is 2.95 bits per heavy atom. The summed E-state index contributed by atoms with van der Waals surface area (Å²) in [4.78, 5) is 13.9. The second-order valence-corrected chi connectivity index (χ2v) is 6.12. The lowest BCUT2D eigenvalue weighted by atomic mass is 9.90. The van der Waals surface area contributed by atoms with Gasteiger partial charge in [-0.1, -0.05) is 35.2 Å². The van der Waals surface area contributed by atoms with Crippen molar-refractivity contribution in [3.05, 3.63) is 33.8 Å². The molecule has 1 amide bonds. The number of likely N-dealkylation sites (tertiary alicyclic amines) is 1. The first kappa shape index (κ1) is 17.1. The van der Waals surface area contributed by atoms with E-state index < -0.39 is 0 Å². The Hall–Kier alpha value is -1.21. The number of amides is 1. The van der Waals surface area contributed by atoms with Gasteiger partial charge in [-0.05, 0) is 36.5 Å². The lowest BCUT2D eigenvalue weighted by Crippen LogP contribution is -2.38. The first-order valence-corrected chi connectivity index (χ1v) is 8.09. The highest BCUT2D eigenvalue weighted by molar-refractivity contribution is 6.42. The van der Waals surface area contributed by atoms with Crippen LogP contribution in [0.3, 0.4) is 0 Å². The van der Waals surface area contributed by atoms with Crippen LogP contribution in [0.4, 0.5) is 0 Å². The van der Waals surface area contributed by atoms with Crippen LogP contribution in [-0.4, -0.2) is 37.6 Å². The fraction of sp³-hybridized carbons (Fsp3) is 0.471. The predicted octanol–water partition coefficient (Wildman–Crippen LogP) is 3.74. The van der Waals surface area contributed by atoms with E-state index >= 15 is 0 Å². The number of hydrogen-bond acceptors (Lipinski definition) is 2. The third-order valence-electron chi connectivity index (χ3n) is 3.75. The molecule has 1 aromatic rings. The summed E-state index contributed by atoms with van der Waals surface area (Å²) in [5, 5.41) is 1.11. The summed E-state index contributed by atoms with van der Waals surface area (Å²) >= 11 is 12.0. The van der Waals surface area contributed by atoms with Crippen molar-refractivity contribution in [3.63, 3.8) is 0 Å². The van der Waals surface area contributed by atoms with Crippen LogP contribution < -0.4 is 0 Å². The Balaban J connectivity index is 2.00. The van der Waals surface area contributed by atoms with Gasteiger partial charge in [0.25, 0.3) is 5.91 Å². The molecule has 0 N–H and O–H groups in total. The molecule has 0 aliphatic carbocycles. The monoisotopic (exact) mass is 339 g/mol. The van der Waals surface area contributed by atoms with Gasteiger partial charge in [-0.15, -0.1) is 0 Å². The van der Waals surface area contributed by atoms with E-state index in [0.29, 0.717) is 29.6 Å². The summed E-state index contributed by atoms with van der Waals surface area (Å²) in [6, 6.07) is 5.69. The number of carbonyl (C=O) groups excluding carboxylic acids is 1. The standard InChI is InChI=1S/C17H19Cl2NO2/c1-22-10-3-2-6-17(21)20-9-4-5-14(12-20)13-7-8-15(18)16(19)11-13/h7-8,11,14H,3-5,9-10,12H2,1H3. The Kier molecular flexibility index (Phi) is 6.57. The molecule has 1 atom stereocenters. The third-order valence-corrected chi connectivity index (χ3v) is 4.49. The van der Waals surface area contributed by atoms with E-state index in [1.165, 1.54) is 0 Å². The zero-order valence-corrected chi connectivity index (χ0v) is 14.1. The molecule has 22 heavy (non-hydrogen) atoms. The fourth-order valence-electron chi connectivity index (χ4n) is 2.57. The van der Waals surface area contributed by atoms with Crippen molar-refractivity contribution in [2.75, 3.05) is 26.8 Å². The van der Waals surface area contributed by atoms with Crippen molar-refractivity contribution in [2.24, 2.45) is 0 Å². The van der Waals surface area contributed by atoms with Crippen molar-refractivity contribution in [3.8, 4) is 11.8 Å². The Labute approximate surface area is 141 Å². The number of benzene rings is 1. The van der Waals surface area contributed by atoms with Crippen LogP contribution in [0, 0.1) is 11.8 Å². The normalized spacial score (nSPS) is 17.8. The number of carbonyl (C=O) groups is 1. The van der Waals surface area contributed by atoms with Crippen molar-refractivity contribution in [1.29, 1.82) is 0 Å².